The van der Waals surface area contributed by atoms with Gasteiger partial charge in [0.05, 0.1) is 5.69 Å². The topological polar surface area (TPSA) is 29.3 Å². The van der Waals surface area contributed by atoms with Crippen LogP contribution in [0.5, 0.6) is 0 Å². The Morgan fingerprint density at radius 3 is 1.53 bits per heavy atom. The highest BCUT2D eigenvalue weighted by Crippen LogP contribution is 2.46. The summed E-state index contributed by atoms with van der Waals surface area (Å²) in [5, 5.41) is 4.50. The Balaban J connectivity index is 1.12. The lowest BCUT2D eigenvalue weighted by atomic mass is 9.90. The van der Waals surface area contributed by atoms with Crippen LogP contribution in [0.15, 0.2) is 235 Å². The molecule has 0 bridgehead atoms. The van der Waals surface area contributed by atoms with E-state index < -0.39 is 0 Å². The maximum absolute atomic E-state index is 6.68. The fourth-order valence-corrected chi connectivity index (χ4v) is 8.56. The molecule has 10 aromatic carbocycles. The molecule has 0 spiro atoms. The molecule has 1 aromatic heterocycles. The molecule has 3 heteroatoms. The van der Waals surface area contributed by atoms with Crippen LogP contribution in [-0.4, -0.2) is 4.98 Å². The van der Waals surface area contributed by atoms with Crippen molar-refractivity contribution in [3.8, 4) is 56.0 Å². The van der Waals surface area contributed by atoms with Crippen LogP contribution in [0.4, 0.5) is 17.1 Å². The van der Waals surface area contributed by atoms with Gasteiger partial charge in [0.1, 0.15) is 5.52 Å². The molecule has 60 heavy (non-hydrogen) atoms. The van der Waals surface area contributed by atoms with E-state index in [9.17, 15) is 0 Å². The molecule has 11 rings (SSSR count). The number of nitrogens with zero attached hydrogens (tertiary/aromatic N) is 2. The number of fused-ring (bicyclic) bond motifs is 4. The van der Waals surface area contributed by atoms with Gasteiger partial charge in [-0.2, -0.15) is 0 Å². The molecule has 3 nitrogen and oxygen atoms in total. The summed E-state index contributed by atoms with van der Waals surface area (Å²) in [5.74, 6) is 0.594. The quantitative estimate of drug-likeness (QED) is 0.154. The van der Waals surface area contributed by atoms with Crippen LogP contribution >= 0.6 is 0 Å². The van der Waals surface area contributed by atoms with Crippen LogP contribution in [0.3, 0.4) is 0 Å². The first-order valence-electron chi connectivity index (χ1n) is 20.4. The van der Waals surface area contributed by atoms with E-state index in [1.165, 1.54) is 38.6 Å². The smallest absolute Gasteiger partial charge is 0.227 e. The van der Waals surface area contributed by atoms with Crippen LogP contribution in [-0.2, 0) is 0 Å². The number of hydrogen-bond acceptors (Lipinski definition) is 3. The van der Waals surface area contributed by atoms with Crippen molar-refractivity contribution < 1.29 is 4.42 Å². The zero-order chi connectivity index (χ0) is 39.8. The highest BCUT2D eigenvalue weighted by Gasteiger charge is 2.22. The molecule has 0 saturated carbocycles. The third kappa shape index (κ3) is 6.39. The van der Waals surface area contributed by atoms with Crippen LogP contribution in [0, 0.1) is 0 Å². The molecule has 0 saturated heterocycles. The maximum Gasteiger partial charge on any atom is 0.227 e. The molecule has 0 N–H and O–H groups in total. The normalized spacial score (nSPS) is 11.3. The van der Waals surface area contributed by atoms with Gasteiger partial charge in [-0.05, 0) is 97.7 Å². The third-order valence-electron chi connectivity index (χ3n) is 11.5. The van der Waals surface area contributed by atoms with E-state index >= 15 is 0 Å². The van der Waals surface area contributed by atoms with E-state index in [0.29, 0.717) is 5.89 Å². The monoisotopic (exact) mass is 766 g/mol. The lowest BCUT2D eigenvalue weighted by Gasteiger charge is -2.28. The van der Waals surface area contributed by atoms with Gasteiger partial charge >= 0.3 is 0 Å². The summed E-state index contributed by atoms with van der Waals surface area (Å²) in [6.45, 7) is 0. The van der Waals surface area contributed by atoms with Gasteiger partial charge < -0.3 is 9.32 Å². The number of benzene rings is 10. The second-order valence-corrected chi connectivity index (χ2v) is 15.1. The Hall–Kier alpha value is -8.01. The number of oxazole rings is 1. The molecule has 1 heterocycles. The predicted octanol–water partition coefficient (Wildman–Crippen LogP) is 15.9. The van der Waals surface area contributed by atoms with Crippen LogP contribution in [0.25, 0.3) is 88.6 Å². The second kappa shape index (κ2) is 15.1. The van der Waals surface area contributed by atoms with E-state index in [-0.39, 0.29) is 0 Å². The summed E-state index contributed by atoms with van der Waals surface area (Å²) in [7, 11) is 0. The summed E-state index contributed by atoms with van der Waals surface area (Å²) in [4.78, 5) is 7.56. The predicted molar refractivity (Wildman–Crippen MR) is 251 cm³/mol. The first-order valence-corrected chi connectivity index (χ1v) is 20.4. The molecule has 0 aliphatic carbocycles. The number of rotatable bonds is 8. The maximum atomic E-state index is 6.68. The van der Waals surface area contributed by atoms with Crippen molar-refractivity contribution in [2.45, 2.75) is 0 Å². The Kier molecular flexibility index (Phi) is 8.83. The van der Waals surface area contributed by atoms with Crippen molar-refractivity contribution in [2.75, 3.05) is 4.90 Å². The van der Waals surface area contributed by atoms with Gasteiger partial charge in [-0.15, -0.1) is 0 Å². The van der Waals surface area contributed by atoms with Crippen molar-refractivity contribution in [1.29, 1.82) is 0 Å². The van der Waals surface area contributed by atoms with Gasteiger partial charge in [0.15, 0.2) is 5.58 Å². The van der Waals surface area contributed by atoms with Crippen molar-refractivity contribution in [3.05, 3.63) is 231 Å². The molecule has 0 fully saturated rings. The minimum atomic E-state index is 0.594. The van der Waals surface area contributed by atoms with E-state index in [0.717, 1.165) is 61.2 Å². The van der Waals surface area contributed by atoms with Crippen LogP contribution in [0.2, 0.25) is 0 Å². The highest BCUT2D eigenvalue weighted by atomic mass is 16.3. The van der Waals surface area contributed by atoms with Crippen molar-refractivity contribution >= 4 is 49.7 Å². The van der Waals surface area contributed by atoms with Gasteiger partial charge in [0, 0.05) is 27.7 Å². The van der Waals surface area contributed by atoms with Gasteiger partial charge in [-0.25, -0.2) is 4.98 Å². The van der Waals surface area contributed by atoms with Crippen LogP contribution in [0.1, 0.15) is 0 Å². The molecule has 0 aliphatic heterocycles. The molecular weight excluding hydrogens is 729 g/mol. The SMILES string of the molecule is c1ccc(-c2ccc(-c3nc4cc(N(c5ccc(-c6ccccc6)cc5)c5ccc(-c6ccccc6)c(-c6cccc7ccccc67)c5)c5ccccc5c4o3)cc2)cc1. The third-order valence-corrected chi connectivity index (χ3v) is 11.5. The second-order valence-electron chi connectivity index (χ2n) is 15.1. The van der Waals surface area contributed by atoms with Crippen molar-refractivity contribution in [2.24, 2.45) is 0 Å². The number of hydrogen-bond donors (Lipinski definition) is 0. The largest absolute Gasteiger partial charge is 0.435 e. The molecule has 282 valence electrons. The molecule has 0 radical (unpaired) electrons. The lowest BCUT2D eigenvalue weighted by molar-refractivity contribution is 0.623. The minimum Gasteiger partial charge on any atom is -0.435 e. The molecule has 0 atom stereocenters. The van der Waals surface area contributed by atoms with Gasteiger partial charge in [-0.3, -0.25) is 0 Å². The van der Waals surface area contributed by atoms with E-state index in [4.69, 9.17) is 9.40 Å². The Morgan fingerprint density at radius 1 is 0.333 bits per heavy atom. The first kappa shape index (κ1) is 35.2. The molecule has 0 unspecified atom stereocenters. The van der Waals surface area contributed by atoms with Crippen molar-refractivity contribution in [1.82, 2.24) is 4.98 Å². The van der Waals surface area contributed by atoms with Gasteiger partial charge in [0.25, 0.3) is 0 Å². The van der Waals surface area contributed by atoms with Crippen molar-refractivity contribution in [3.63, 3.8) is 0 Å². The van der Waals surface area contributed by atoms with Gasteiger partial charge in [0.2, 0.25) is 5.89 Å². The Labute approximate surface area is 349 Å². The Bertz CT molecular complexity index is 3280. The summed E-state index contributed by atoms with van der Waals surface area (Å²) in [6, 6.07) is 81.9. The zero-order valence-corrected chi connectivity index (χ0v) is 32.7. The fourth-order valence-electron chi connectivity index (χ4n) is 8.56. The van der Waals surface area contributed by atoms with E-state index in [1.807, 2.05) is 6.07 Å². The fraction of sp³-hybridized carbons (Fsp3) is 0. The summed E-state index contributed by atoms with van der Waals surface area (Å²) in [5.41, 5.74) is 15.0. The molecule has 11 aromatic rings. The summed E-state index contributed by atoms with van der Waals surface area (Å²) in [6.07, 6.45) is 0. The summed E-state index contributed by atoms with van der Waals surface area (Å²) >= 11 is 0. The highest BCUT2D eigenvalue weighted by molar-refractivity contribution is 6.12. The Morgan fingerprint density at radius 2 is 0.850 bits per heavy atom. The van der Waals surface area contributed by atoms with Crippen LogP contribution < -0.4 is 4.90 Å². The average Bonchev–Trinajstić information content (AvgIpc) is 3.77. The summed E-state index contributed by atoms with van der Waals surface area (Å²) < 4.78 is 6.68. The molecule has 0 amide bonds. The van der Waals surface area contributed by atoms with E-state index in [2.05, 4.69) is 229 Å². The average molecular weight is 767 g/mol. The number of aromatic nitrogens is 1. The van der Waals surface area contributed by atoms with E-state index in [1.54, 1.807) is 0 Å². The zero-order valence-electron chi connectivity index (χ0n) is 32.7. The minimum absolute atomic E-state index is 0.594. The van der Waals surface area contributed by atoms with Gasteiger partial charge in [-0.1, -0.05) is 188 Å². The molecule has 0 aliphatic rings. The molecular formula is C57H38N2O. The lowest BCUT2D eigenvalue weighted by Crippen LogP contribution is -2.11. The first-order chi connectivity index (χ1) is 29.7. The number of anilines is 3. The standard InChI is InChI=1S/C57H38N2O/c1-4-15-39(16-5-1)41-27-29-45(30-28-41)57-58-54-38-55(51-24-12-13-25-52(51)56(54)60-57)59(46-33-31-42(32-34-46)40-17-6-2-7-18-40)47-35-36-49(43-19-8-3-9-20-43)53(37-47)50-26-14-22-44-21-10-11-23-48(44)50/h1-38H.